The summed E-state index contributed by atoms with van der Waals surface area (Å²) < 4.78 is 5.84. The smallest absolute Gasteiger partial charge is 0.303 e. The zero-order valence-corrected chi connectivity index (χ0v) is 17.5. The molecule has 0 bridgehead atoms. The van der Waals surface area contributed by atoms with Gasteiger partial charge in [-0.05, 0) is 87.0 Å². The van der Waals surface area contributed by atoms with E-state index < -0.39 is 5.60 Å². The Balaban J connectivity index is 1.52. The summed E-state index contributed by atoms with van der Waals surface area (Å²) in [6.07, 6.45) is 8.80. The maximum absolute atomic E-state index is 12.8. The minimum Gasteiger partial charge on any atom is -0.451 e. The highest BCUT2D eigenvalue weighted by atomic mass is 16.6. The van der Waals surface area contributed by atoms with Crippen molar-refractivity contribution >= 4 is 17.5 Å². The van der Waals surface area contributed by atoms with Crippen LogP contribution >= 0.6 is 0 Å². The lowest BCUT2D eigenvalue weighted by Gasteiger charge is -2.59. The summed E-state index contributed by atoms with van der Waals surface area (Å²) in [5, 5.41) is 0. The molecule has 0 aliphatic heterocycles. The number of Topliss-reactive ketones (excluding diaryl/α,β-unsaturated/α-hetero) is 1. The molecule has 4 heteroatoms. The van der Waals surface area contributed by atoms with E-state index in [2.05, 4.69) is 13.8 Å². The van der Waals surface area contributed by atoms with Crippen LogP contribution in [0.1, 0.15) is 72.6 Å². The molecule has 0 aromatic heterocycles. The van der Waals surface area contributed by atoms with E-state index >= 15 is 0 Å². The number of carbonyl (C=O) groups is 3. The maximum Gasteiger partial charge on any atom is 0.303 e. The van der Waals surface area contributed by atoms with Crippen LogP contribution in [0, 0.1) is 40.4 Å². The summed E-state index contributed by atoms with van der Waals surface area (Å²) in [7, 11) is 0. The van der Waals surface area contributed by atoms with Crippen molar-refractivity contribution in [3.8, 4) is 0 Å². The van der Waals surface area contributed by atoms with E-state index in [1.807, 2.05) is 6.08 Å². The first kappa shape index (κ1) is 18.6. The highest BCUT2D eigenvalue weighted by molar-refractivity contribution is 5.96. The molecule has 5 rings (SSSR count). The van der Waals surface area contributed by atoms with Crippen molar-refractivity contribution < 1.29 is 19.1 Å². The van der Waals surface area contributed by atoms with Crippen molar-refractivity contribution in [3.05, 3.63) is 11.6 Å². The number of ketones is 2. The summed E-state index contributed by atoms with van der Waals surface area (Å²) in [6, 6.07) is 0. The molecule has 3 unspecified atom stereocenters. The van der Waals surface area contributed by atoms with Gasteiger partial charge in [-0.2, -0.15) is 0 Å². The van der Waals surface area contributed by atoms with Crippen LogP contribution in [0.2, 0.25) is 0 Å². The monoisotopic (exact) mass is 384 g/mol. The quantitative estimate of drug-likeness (QED) is 0.667. The van der Waals surface area contributed by atoms with Crippen molar-refractivity contribution in [2.75, 3.05) is 0 Å². The van der Waals surface area contributed by atoms with Crippen LogP contribution in [0.25, 0.3) is 0 Å². The average Bonchev–Trinajstić information content (AvgIpc) is 3.37. The Bertz CT molecular complexity index is 811. The largest absolute Gasteiger partial charge is 0.451 e. The molecule has 4 nitrogen and oxygen atoms in total. The predicted molar refractivity (Wildman–Crippen MR) is 104 cm³/mol. The van der Waals surface area contributed by atoms with Gasteiger partial charge in [-0.3, -0.25) is 14.4 Å². The van der Waals surface area contributed by atoms with Crippen LogP contribution in [0.4, 0.5) is 0 Å². The average molecular weight is 385 g/mol. The molecule has 28 heavy (non-hydrogen) atoms. The summed E-state index contributed by atoms with van der Waals surface area (Å²) in [5.74, 6) is 2.41. The van der Waals surface area contributed by atoms with E-state index in [0.717, 1.165) is 38.5 Å². The van der Waals surface area contributed by atoms with E-state index in [9.17, 15) is 14.4 Å². The molecule has 0 heterocycles. The number of hydrogen-bond acceptors (Lipinski definition) is 4. The fraction of sp³-hybridized carbons (Fsp3) is 0.792. The third kappa shape index (κ3) is 2.05. The van der Waals surface area contributed by atoms with E-state index in [1.54, 1.807) is 6.92 Å². The summed E-state index contributed by atoms with van der Waals surface area (Å²) in [5.41, 5.74) is 0.343. The maximum atomic E-state index is 12.8. The second kappa shape index (κ2) is 5.58. The Kier molecular flexibility index (Phi) is 3.70. The van der Waals surface area contributed by atoms with Crippen LogP contribution < -0.4 is 0 Å². The molecule has 8 atom stereocenters. The number of carbonyl (C=O) groups excluding carboxylic acids is 3. The van der Waals surface area contributed by atoms with Crippen molar-refractivity contribution in [1.29, 1.82) is 0 Å². The van der Waals surface area contributed by atoms with Crippen LogP contribution in [-0.4, -0.2) is 23.1 Å². The SMILES string of the molecule is CC(=O)O[C@]1(C(C)=O)CCC2C3CCC4=CC(=O)[C@@H]5C[C@@H]5[C@]4(C)C3CC[C@@]21C. The van der Waals surface area contributed by atoms with Gasteiger partial charge in [-0.25, -0.2) is 0 Å². The Hall–Kier alpha value is -1.45. The molecule has 0 saturated heterocycles. The van der Waals surface area contributed by atoms with E-state index in [0.29, 0.717) is 35.9 Å². The highest BCUT2D eigenvalue weighted by Gasteiger charge is 2.70. The number of esters is 1. The molecule has 0 N–H and O–H groups in total. The molecular weight excluding hydrogens is 352 g/mol. The lowest BCUT2D eigenvalue weighted by atomic mass is 9.46. The van der Waals surface area contributed by atoms with Crippen molar-refractivity contribution in [3.63, 3.8) is 0 Å². The van der Waals surface area contributed by atoms with Gasteiger partial charge in [0.15, 0.2) is 17.2 Å². The van der Waals surface area contributed by atoms with E-state index in [1.165, 1.54) is 12.5 Å². The zero-order chi connectivity index (χ0) is 20.1. The van der Waals surface area contributed by atoms with Gasteiger partial charge in [-0.15, -0.1) is 0 Å². The molecule has 0 amide bonds. The molecule has 0 aromatic rings. The van der Waals surface area contributed by atoms with Crippen LogP contribution in [0.15, 0.2) is 11.6 Å². The molecule has 5 aliphatic carbocycles. The standard InChI is InChI=1S/C24H32O4/c1-13(25)24(28-14(2)26)10-8-18-16-6-5-15-11-21(27)17-12-20(17)23(15,4)19(16)7-9-22(18,24)3/h11,16-20H,5-10,12H2,1-4H3/t16?,17-,18?,19?,20+,22+,23+,24+/m1/s1. The highest BCUT2D eigenvalue weighted by Crippen LogP contribution is 2.72. The van der Waals surface area contributed by atoms with Crippen LogP contribution in [-0.2, 0) is 19.1 Å². The summed E-state index contributed by atoms with van der Waals surface area (Å²) >= 11 is 0. The topological polar surface area (TPSA) is 60.4 Å². The molecule has 0 aromatic carbocycles. The summed E-state index contributed by atoms with van der Waals surface area (Å²) in [4.78, 5) is 37.0. The van der Waals surface area contributed by atoms with Crippen molar-refractivity contribution in [2.45, 2.75) is 78.2 Å². The number of hydrogen-bond donors (Lipinski definition) is 0. The first-order valence-electron chi connectivity index (χ1n) is 11.1. The van der Waals surface area contributed by atoms with Crippen LogP contribution in [0.3, 0.4) is 0 Å². The molecule has 152 valence electrons. The number of ether oxygens (including phenoxy) is 1. The van der Waals surface area contributed by atoms with Gasteiger partial charge in [0.1, 0.15) is 0 Å². The zero-order valence-electron chi connectivity index (χ0n) is 17.5. The third-order valence-corrected chi connectivity index (χ3v) is 9.90. The van der Waals surface area contributed by atoms with Gasteiger partial charge < -0.3 is 4.74 Å². The molecular formula is C24H32O4. The lowest BCUT2D eigenvalue weighted by molar-refractivity contribution is -0.187. The van der Waals surface area contributed by atoms with E-state index in [4.69, 9.17) is 4.74 Å². The molecule has 5 aliphatic rings. The van der Waals surface area contributed by atoms with Gasteiger partial charge in [0.05, 0.1) is 0 Å². The van der Waals surface area contributed by atoms with Crippen molar-refractivity contribution in [2.24, 2.45) is 40.4 Å². The molecule has 0 spiro atoms. The number of fused-ring (bicyclic) bond motifs is 7. The summed E-state index contributed by atoms with van der Waals surface area (Å²) in [6.45, 7) is 7.67. The fourth-order valence-electron chi connectivity index (χ4n) is 8.52. The first-order valence-corrected chi connectivity index (χ1v) is 11.1. The van der Waals surface area contributed by atoms with E-state index in [-0.39, 0.29) is 28.5 Å². The third-order valence-electron chi connectivity index (χ3n) is 9.90. The van der Waals surface area contributed by atoms with Gasteiger partial charge in [0, 0.05) is 18.3 Å². The normalized spacial score (nSPS) is 51.2. The van der Waals surface area contributed by atoms with Crippen molar-refractivity contribution in [1.82, 2.24) is 0 Å². The molecule has 4 fully saturated rings. The lowest BCUT2D eigenvalue weighted by Crippen LogP contribution is -2.58. The molecule has 0 radical (unpaired) electrons. The fourth-order valence-corrected chi connectivity index (χ4v) is 8.52. The predicted octanol–water partition coefficient (Wildman–Crippen LogP) is 4.27. The Labute approximate surface area is 167 Å². The number of allylic oxidation sites excluding steroid dienone is 1. The minimum atomic E-state index is -0.948. The number of rotatable bonds is 2. The van der Waals surface area contributed by atoms with Crippen LogP contribution in [0.5, 0.6) is 0 Å². The second-order valence-corrected chi connectivity index (χ2v) is 10.7. The Morgan fingerprint density at radius 1 is 1.04 bits per heavy atom. The minimum absolute atomic E-state index is 0.0132. The second-order valence-electron chi connectivity index (χ2n) is 10.7. The van der Waals surface area contributed by atoms with Gasteiger partial charge in [0.25, 0.3) is 0 Å². The molecule has 4 saturated carbocycles. The van der Waals surface area contributed by atoms with Gasteiger partial charge in [-0.1, -0.05) is 19.4 Å². The van der Waals surface area contributed by atoms with Gasteiger partial charge in [0.2, 0.25) is 0 Å². The Morgan fingerprint density at radius 2 is 1.75 bits per heavy atom. The first-order chi connectivity index (χ1) is 13.1. The Morgan fingerprint density at radius 3 is 2.43 bits per heavy atom. The van der Waals surface area contributed by atoms with Gasteiger partial charge >= 0.3 is 5.97 Å².